The van der Waals surface area contributed by atoms with Crippen molar-refractivity contribution < 1.29 is 22.7 Å². The van der Waals surface area contributed by atoms with Gasteiger partial charge in [0.2, 0.25) is 0 Å². The molecule has 0 aliphatic heterocycles. The number of aromatic nitrogens is 2. The molecule has 0 aliphatic rings. The maximum absolute atomic E-state index is 12.0. The van der Waals surface area contributed by atoms with Crippen LogP contribution < -0.4 is 0 Å². The zero-order valence-corrected chi connectivity index (χ0v) is 12.6. The molecular weight excluding hydrogens is 285 g/mol. The van der Waals surface area contributed by atoms with Gasteiger partial charge in [0.05, 0.1) is 24.4 Å². The second-order valence-electron chi connectivity index (χ2n) is 4.64. The lowest BCUT2D eigenvalue weighted by molar-refractivity contribution is -0.174. The summed E-state index contributed by atoms with van der Waals surface area (Å²) >= 11 is 0. The van der Waals surface area contributed by atoms with Gasteiger partial charge in [0, 0.05) is 12.1 Å². The van der Waals surface area contributed by atoms with E-state index >= 15 is 0 Å². The lowest BCUT2D eigenvalue weighted by Gasteiger charge is -2.09. The molecule has 0 saturated carbocycles. The number of aryl methyl sites for hydroxylation is 1. The molecule has 0 amide bonds. The lowest BCUT2D eigenvalue weighted by Crippen LogP contribution is -2.20. The van der Waals surface area contributed by atoms with Crippen LogP contribution in [0.3, 0.4) is 0 Å². The number of nitrogens with zero attached hydrogens (tertiary/aromatic N) is 2. The third-order valence-electron chi connectivity index (χ3n) is 3.11. The number of alkyl halides is 3. The Labute approximate surface area is 122 Å². The van der Waals surface area contributed by atoms with E-state index in [2.05, 4.69) is 9.84 Å². The Hall–Kier alpha value is -1.37. The van der Waals surface area contributed by atoms with Crippen LogP contribution in [0, 0.1) is 0 Å². The van der Waals surface area contributed by atoms with E-state index in [1.165, 1.54) is 0 Å². The summed E-state index contributed by atoms with van der Waals surface area (Å²) in [5, 5.41) is 4.34. The minimum absolute atomic E-state index is 0.0196. The summed E-state index contributed by atoms with van der Waals surface area (Å²) in [5.41, 5.74) is 2.10. The van der Waals surface area contributed by atoms with Crippen LogP contribution in [0.4, 0.5) is 13.2 Å². The van der Waals surface area contributed by atoms with Gasteiger partial charge >= 0.3 is 6.18 Å². The predicted octanol–water partition coefficient (Wildman–Crippen LogP) is 3.18. The molecule has 0 N–H and O–H groups in total. The van der Waals surface area contributed by atoms with Crippen LogP contribution in [0.1, 0.15) is 48.9 Å². The monoisotopic (exact) mass is 306 g/mol. The molecule has 1 aromatic rings. The molecule has 0 unspecified atom stereocenters. The van der Waals surface area contributed by atoms with Gasteiger partial charge in [-0.15, -0.1) is 0 Å². The lowest BCUT2D eigenvalue weighted by atomic mass is 10.0. The summed E-state index contributed by atoms with van der Waals surface area (Å²) in [6.45, 7) is 4.44. The minimum Gasteiger partial charge on any atom is -0.370 e. The van der Waals surface area contributed by atoms with E-state index in [1.54, 1.807) is 11.6 Å². The van der Waals surface area contributed by atoms with E-state index in [0.717, 1.165) is 5.69 Å². The normalized spacial score (nSPS) is 11.9. The first-order valence-electron chi connectivity index (χ1n) is 7.10. The summed E-state index contributed by atoms with van der Waals surface area (Å²) < 4.78 is 42.2. The fourth-order valence-corrected chi connectivity index (χ4v) is 2.18. The number of carbonyl (C=O) groups excluding carboxylic acids is 1. The quantitative estimate of drug-likeness (QED) is 0.547. The average molecular weight is 306 g/mol. The second-order valence-corrected chi connectivity index (χ2v) is 4.64. The summed E-state index contributed by atoms with van der Waals surface area (Å²) in [6.07, 6.45) is -2.72. The van der Waals surface area contributed by atoms with E-state index in [4.69, 9.17) is 0 Å². The number of hydrogen-bond acceptors (Lipinski definition) is 3. The Kier molecular flexibility index (Phi) is 6.39. The van der Waals surface area contributed by atoms with Crippen LogP contribution in [0.2, 0.25) is 0 Å². The Morgan fingerprint density at radius 3 is 2.38 bits per heavy atom. The number of carbonyl (C=O) groups is 1. The maximum Gasteiger partial charge on any atom is 0.411 e. The molecule has 0 saturated heterocycles. The van der Waals surface area contributed by atoms with Crippen LogP contribution in [0.5, 0.6) is 0 Å². The van der Waals surface area contributed by atoms with E-state index < -0.39 is 12.8 Å². The first-order valence-corrected chi connectivity index (χ1v) is 7.10. The Morgan fingerprint density at radius 1 is 1.24 bits per heavy atom. The highest BCUT2D eigenvalue weighted by molar-refractivity contribution is 5.98. The van der Waals surface area contributed by atoms with Crippen molar-refractivity contribution in [3.05, 3.63) is 17.0 Å². The zero-order chi connectivity index (χ0) is 16.0. The standard InChI is InChI=1S/C14H21F3N2O2/c1-4-10-13(12(20)6-3)11(5-2)19(18-10)7-8-21-9-14(15,16)17/h4-9H2,1-3H3. The van der Waals surface area contributed by atoms with Crippen molar-refractivity contribution in [2.24, 2.45) is 0 Å². The molecule has 0 aromatic carbocycles. The first-order chi connectivity index (χ1) is 9.84. The molecule has 0 fully saturated rings. The van der Waals surface area contributed by atoms with Gasteiger partial charge in [0.25, 0.3) is 0 Å². The van der Waals surface area contributed by atoms with Gasteiger partial charge in [0.15, 0.2) is 5.78 Å². The van der Waals surface area contributed by atoms with Crippen LogP contribution in [-0.2, 0) is 24.1 Å². The van der Waals surface area contributed by atoms with Gasteiger partial charge in [-0.05, 0) is 12.8 Å². The molecule has 4 nitrogen and oxygen atoms in total. The topological polar surface area (TPSA) is 44.1 Å². The van der Waals surface area contributed by atoms with E-state index in [9.17, 15) is 18.0 Å². The second kappa shape index (κ2) is 7.59. The SMILES string of the molecule is CCC(=O)c1c(CC)nn(CCOCC(F)(F)F)c1CC. The van der Waals surface area contributed by atoms with Gasteiger partial charge in [0.1, 0.15) is 6.61 Å². The molecular formula is C14H21F3N2O2. The minimum atomic E-state index is -4.32. The van der Waals surface area contributed by atoms with Crippen molar-refractivity contribution in [1.29, 1.82) is 0 Å². The Morgan fingerprint density at radius 2 is 1.90 bits per heavy atom. The van der Waals surface area contributed by atoms with Crippen molar-refractivity contribution in [3.63, 3.8) is 0 Å². The third-order valence-corrected chi connectivity index (χ3v) is 3.11. The number of ether oxygens (including phenoxy) is 1. The van der Waals surface area contributed by atoms with Crippen molar-refractivity contribution >= 4 is 5.78 Å². The first kappa shape index (κ1) is 17.7. The van der Waals surface area contributed by atoms with Gasteiger partial charge in [-0.2, -0.15) is 18.3 Å². The molecule has 21 heavy (non-hydrogen) atoms. The van der Waals surface area contributed by atoms with Gasteiger partial charge in [-0.25, -0.2) is 0 Å². The molecule has 1 aromatic heterocycles. The predicted molar refractivity (Wildman–Crippen MR) is 72.5 cm³/mol. The summed E-state index contributed by atoms with van der Waals surface area (Å²) in [5.74, 6) is 0.0196. The van der Waals surface area contributed by atoms with Gasteiger partial charge in [-0.1, -0.05) is 20.8 Å². The third kappa shape index (κ3) is 4.84. The highest BCUT2D eigenvalue weighted by Gasteiger charge is 2.27. The largest absolute Gasteiger partial charge is 0.411 e. The van der Waals surface area contributed by atoms with Crippen LogP contribution in [-0.4, -0.2) is 35.0 Å². The number of hydrogen-bond donors (Lipinski definition) is 0. The number of rotatable bonds is 8. The highest BCUT2D eigenvalue weighted by atomic mass is 19.4. The van der Waals surface area contributed by atoms with Gasteiger partial charge in [-0.3, -0.25) is 9.48 Å². The van der Waals surface area contributed by atoms with E-state index in [-0.39, 0.29) is 18.9 Å². The Balaban J connectivity index is 2.83. The molecule has 0 radical (unpaired) electrons. The molecule has 7 heteroatoms. The molecule has 0 aliphatic carbocycles. The van der Waals surface area contributed by atoms with E-state index in [0.29, 0.717) is 30.5 Å². The van der Waals surface area contributed by atoms with E-state index in [1.807, 2.05) is 13.8 Å². The number of halogens is 3. The fraction of sp³-hybridized carbons (Fsp3) is 0.714. The number of Topliss-reactive ketones (excluding diaryl/α,β-unsaturated/α-hetero) is 1. The highest BCUT2D eigenvalue weighted by Crippen LogP contribution is 2.19. The Bertz CT molecular complexity index is 481. The molecule has 1 heterocycles. The molecule has 120 valence electrons. The summed E-state index contributed by atoms with van der Waals surface area (Å²) in [6, 6.07) is 0. The number of ketones is 1. The zero-order valence-electron chi connectivity index (χ0n) is 12.6. The fourth-order valence-electron chi connectivity index (χ4n) is 2.18. The van der Waals surface area contributed by atoms with Crippen molar-refractivity contribution in [2.75, 3.05) is 13.2 Å². The molecule has 0 spiro atoms. The van der Waals surface area contributed by atoms with Gasteiger partial charge < -0.3 is 4.74 Å². The summed E-state index contributed by atoms with van der Waals surface area (Å²) in [7, 11) is 0. The van der Waals surface area contributed by atoms with Crippen LogP contribution in [0.25, 0.3) is 0 Å². The van der Waals surface area contributed by atoms with Crippen LogP contribution >= 0.6 is 0 Å². The van der Waals surface area contributed by atoms with Crippen molar-refractivity contribution in [1.82, 2.24) is 9.78 Å². The molecule has 1 rings (SSSR count). The maximum atomic E-state index is 12.0. The average Bonchev–Trinajstić information content (AvgIpc) is 2.79. The molecule has 0 atom stereocenters. The van der Waals surface area contributed by atoms with Crippen LogP contribution in [0.15, 0.2) is 0 Å². The van der Waals surface area contributed by atoms with Crippen molar-refractivity contribution in [2.45, 2.75) is 52.8 Å². The van der Waals surface area contributed by atoms with Crippen molar-refractivity contribution in [3.8, 4) is 0 Å². The summed E-state index contributed by atoms with van der Waals surface area (Å²) in [4.78, 5) is 12.0. The smallest absolute Gasteiger partial charge is 0.370 e. The molecule has 0 bridgehead atoms.